The predicted molar refractivity (Wildman–Crippen MR) is 105 cm³/mol. The van der Waals surface area contributed by atoms with Gasteiger partial charge in [-0.3, -0.25) is 4.79 Å². The van der Waals surface area contributed by atoms with Crippen LogP contribution in [0.5, 0.6) is 5.75 Å². The second-order valence-electron chi connectivity index (χ2n) is 6.34. The number of hydrogen-bond acceptors (Lipinski definition) is 4. The summed E-state index contributed by atoms with van der Waals surface area (Å²) < 4.78 is 11.0. The summed E-state index contributed by atoms with van der Waals surface area (Å²) in [6.45, 7) is 7.86. The molecule has 0 unspecified atom stereocenters. The summed E-state index contributed by atoms with van der Waals surface area (Å²) in [4.78, 5) is 24.5. The van der Waals surface area contributed by atoms with Crippen LogP contribution in [0.4, 0.5) is 4.79 Å². The molecule has 2 aromatic carbocycles. The van der Waals surface area contributed by atoms with Crippen LogP contribution in [0.1, 0.15) is 17.2 Å². The first-order valence-electron chi connectivity index (χ1n) is 8.89. The van der Waals surface area contributed by atoms with Crippen LogP contribution >= 0.6 is 0 Å². The molecule has 0 aliphatic carbocycles. The zero-order valence-corrected chi connectivity index (χ0v) is 15.4. The van der Waals surface area contributed by atoms with Gasteiger partial charge < -0.3 is 20.1 Å². The van der Waals surface area contributed by atoms with Gasteiger partial charge in [0, 0.05) is 5.70 Å². The van der Waals surface area contributed by atoms with E-state index in [4.69, 9.17) is 9.47 Å². The molecule has 0 saturated carbocycles. The van der Waals surface area contributed by atoms with E-state index in [-0.39, 0.29) is 6.61 Å². The fraction of sp³-hybridized carbons (Fsp3) is 0.182. The standard InChI is InChI=1S/C22H22N2O4/c1-3-12-27-21(25)19-15(2)23-22(26)24-20(19)17-10-7-11-18(13-17)28-14-16-8-5-4-6-9-16/h3-11,13,19-20H,1-2,12,14H2,(H2,23,24,26)/t19-,20+/m1/s1. The van der Waals surface area contributed by atoms with Crippen molar-refractivity contribution < 1.29 is 19.1 Å². The fourth-order valence-electron chi connectivity index (χ4n) is 3.01. The van der Waals surface area contributed by atoms with Crippen molar-refractivity contribution >= 4 is 12.0 Å². The van der Waals surface area contributed by atoms with Crippen molar-refractivity contribution in [2.24, 2.45) is 5.92 Å². The van der Waals surface area contributed by atoms with Gasteiger partial charge in [-0.05, 0) is 23.3 Å². The summed E-state index contributed by atoms with van der Waals surface area (Å²) >= 11 is 0. The average Bonchev–Trinajstić information content (AvgIpc) is 2.71. The Morgan fingerprint density at radius 2 is 1.93 bits per heavy atom. The first-order chi connectivity index (χ1) is 13.6. The molecule has 6 heteroatoms. The average molecular weight is 378 g/mol. The minimum Gasteiger partial charge on any atom is -0.489 e. The van der Waals surface area contributed by atoms with Gasteiger partial charge in [0.2, 0.25) is 0 Å². The lowest BCUT2D eigenvalue weighted by molar-refractivity contribution is -0.147. The second kappa shape index (κ2) is 8.90. The summed E-state index contributed by atoms with van der Waals surface area (Å²) in [5, 5.41) is 5.32. The Balaban J connectivity index is 1.80. The van der Waals surface area contributed by atoms with Crippen LogP contribution in [0.15, 0.2) is 79.5 Å². The van der Waals surface area contributed by atoms with Gasteiger partial charge in [0.25, 0.3) is 0 Å². The molecule has 1 saturated heterocycles. The Bertz CT molecular complexity index is 879. The quantitative estimate of drug-likeness (QED) is 0.571. The van der Waals surface area contributed by atoms with Crippen LogP contribution < -0.4 is 15.4 Å². The molecule has 2 N–H and O–H groups in total. The molecule has 2 amide bonds. The molecule has 0 spiro atoms. The lowest BCUT2D eigenvalue weighted by Crippen LogP contribution is -2.51. The molecular formula is C22H22N2O4. The second-order valence-corrected chi connectivity index (χ2v) is 6.34. The smallest absolute Gasteiger partial charge is 0.319 e. The number of benzene rings is 2. The molecule has 0 bridgehead atoms. The highest BCUT2D eigenvalue weighted by Gasteiger charge is 2.38. The number of esters is 1. The third kappa shape index (κ3) is 4.59. The first-order valence-corrected chi connectivity index (χ1v) is 8.89. The van der Waals surface area contributed by atoms with Gasteiger partial charge in [-0.25, -0.2) is 4.79 Å². The molecule has 2 aromatic rings. The zero-order valence-electron chi connectivity index (χ0n) is 15.4. The molecule has 144 valence electrons. The van der Waals surface area contributed by atoms with Gasteiger partial charge >= 0.3 is 12.0 Å². The van der Waals surface area contributed by atoms with E-state index in [9.17, 15) is 9.59 Å². The van der Waals surface area contributed by atoms with Crippen molar-refractivity contribution in [3.63, 3.8) is 0 Å². The molecule has 1 heterocycles. The van der Waals surface area contributed by atoms with E-state index < -0.39 is 24.0 Å². The first kappa shape index (κ1) is 19.2. The lowest BCUT2D eigenvalue weighted by Gasteiger charge is -2.33. The van der Waals surface area contributed by atoms with E-state index in [1.807, 2.05) is 48.5 Å². The molecule has 3 rings (SSSR count). The SMILES string of the molecule is C=CCOC(=O)[C@@H]1C(=C)NC(=O)N[C@H]1c1cccc(OCc2ccccc2)c1. The van der Waals surface area contributed by atoms with Crippen LogP contribution in [-0.2, 0) is 16.1 Å². The van der Waals surface area contributed by atoms with Crippen molar-refractivity contribution in [1.29, 1.82) is 0 Å². The highest BCUT2D eigenvalue weighted by Crippen LogP contribution is 2.32. The maximum Gasteiger partial charge on any atom is 0.319 e. The van der Waals surface area contributed by atoms with Crippen LogP contribution in [0.2, 0.25) is 0 Å². The van der Waals surface area contributed by atoms with Gasteiger partial charge in [0.1, 0.15) is 24.9 Å². The van der Waals surface area contributed by atoms with Crippen molar-refractivity contribution in [3.05, 3.63) is 90.7 Å². The lowest BCUT2D eigenvalue weighted by atomic mass is 9.89. The minimum atomic E-state index is -0.762. The van der Waals surface area contributed by atoms with Gasteiger partial charge in [-0.2, -0.15) is 0 Å². The Kier molecular flexibility index (Phi) is 6.11. The summed E-state index contributed by atoms with van der Waals surface area (Å²) in [7, 11) is 0. The van der Waals surface area contributed by atoms with Crippen LogP contribution in [0.25, 0.3) is 0 Å². The Morgan fingerprint density at radius 3 is 2.68 bits per heavy atom. The number of hydrogen-bond donors (Lipinski definition) is 2. The molecule has 6 nitrogen and oxygen atoms in total. The maximum absolute atomic E-state index is 12.5. The topological polar surface area (TPSA) is 76.7 Å². The fourth-order valence-corrected chi connectivity index (χ4v) is 3.01. The summed E-state index contributed by atoms with van der Waals surface area (Å²) in [5.74, 6) is -0.613. The predicted octanol–water partition coefficient (Wildman–Crippen LogP) is 3.48. The van der Waals surface area contributed by atoms with Gasteiger partial charge in [-0.15, -0.1) is 0 Å². The van der Waals surface area contributed by atoms with Crippen molar-refractivity contribution in [3.8, 4) is 5.75 Å². The highest BCUT2D eigenvalue weighted by atomic mass is 16.5. The summed E-state index contributed by atoms with van der Waals surface area (Å²) in [6.07, 6.45) is 1.49. The molecule has 28 heavy (non-hydrogen) atoms. The largest absolute Gasteiger partial charge is 0.489 e. The Labute approximate surface area is 163 Å². The number of amides is 2. The summed E-state index contributed by atoms with van der Waals surface area (Å²) in [5.41, 5.74) is 2.06. The van der Waals surface area contributed by atoms with Crippen molar-refractivity contribution in [2.45, 2.75) is 12.6 Å². The van der Waals surface area contributed by atoms with E-state index in [0.717, 1.165) is 11.1 Å². The minimum absolute atomic E-state index is 0.0868. The number of urea groups is 1. The van der Waals surface area contributed by atoms with E-state index in [1.165, 1.54) is 6.08 Å². The zero-order chi connectivity index (χ0) is 19.9. The molecular weight excluding hydrogens is 356 g/mol. The van der Waals surface area contributed by atoms with Crippen molar-refractivity contribution in [2.75, 3.05) is 6.61 Å². The van der Waals surface area contributed by atoms with Crippen molar-refractivity contribution in [1.82, 2.24) is 10.6 Å². The Morgan fingerprint density at radius 1 is 1.14 bits per heavy atom. The van der Waals surface area contributed by atoms with Crippen LogP contribution in [-0.4, -0.2) is 18.6 Å². The van der Waals surface area contributed by atoms with Crippen LogP contribution in [0, 0.1) is 5.92 Å². The molecule has 1 aliphatic heterocycles. The van der Waals surface area contributed by atoms with E-state index in [1.54, 1.807) is 6.07 Å². The molecule has 2 atom stereocenters. The Hall–Kier alpha value is -3.54. The van der Waals surface area contributed by atoms with Gasteiger partial charge in [0.05, 0.1) is 6.04 Å². The van der Waals surface area contributed by atoms with Crippen LogP contribution in [0.3, 0.4) is 0 Å². The number of carbonyl (C=O) groups is 2. The number of ether oxygens (including phenoxy) is 2. The van der Waals surface area contributed by atoms with E-state index in [2.05, 4.69) is 23.8 Å². The molecule has 1 fully saturated rings. The van der Waals surface area contributed by atoms with E-state index >= 15 is 0 Å². The highest BCUT2D eigenvalue weighted by molar-refractivity contribution is 5.85. The third-order valence-corrected chi connectivity index (χ3v) is 4.33. The van der Waals surface area contributed by atoms with E-state index in [0.29, 0.717) is 18.1 Å². The van der Waals surface area contributed by atoms with Gasteiger partial charge in [0.15, 0.2) is 0 Å². The maximum atomic E-state index is 12.5. The molecule has 0 aromatic heterocycles. The summed E-state index contributed by atoms with van der Waals surface area (Å²) in [6, 6.07) is 16.1. The number of rotatable bonds is 7. The molecule has 1 aliphatic rings. The normalized spacial score (nSPS) is 18.6. The monoisotopic (exact) mass is 378 g/mol. The number of nitrogens with one attached hydrogen (secondary N) is 2. The third-order valence-electron chi connectivity index (χ3n) is 4.33. The van der Waals surface area contributed by atoms with Gasteiger partial charge in [-0.1, -0.05) is 61.7 Å². The number of carbonyl (C=O) groups excluding carboxylic acids is 2. The molecule has 0 radical (unpaired) electrons.